The lowest BCUT2D eigenvalue weighted by Gasteiger charge is -2.29. The van der Waals surface area contributed by atoms with Crippen LogP contribution in [-0.2, 0) is 0 Å². The number of nitrogens with one attached hydrogen (secondary N) is 1. The lowest BCUT2D eigenvalue weighted by Crippen LogP contribution is -2.54. The molecule has 1 atom stereocenters. The molecule has 0 fully saturated rings. The van der Waals surface area contributed by atoms with Crippen LogP contribution in [0.25, 0.3) is 0 Å². The van der Waals surface area contributed by atoms with E-state index in [4.69, 9.17) is 11.5 Å². The lowest BCUT2D eigenvalue weighted by atomic mass is 9.94. The molecule has 0 aliphatic rings. The summed E-state index contributed by atoms with van der Waals surface area (Å²) in [6, 6.07) is 2.68. The molecule has 0 aliphatic carbocycles. The van der Waals surface area contributed by atoms with Gasteiger partial charge in [0, 0.05) is 23.7 Å². The average Bonchev–Trinajstić information content (AvgIpc) is 2.01. The Morgan fingerprint density at radius 3 is 2.50 bits per heavy atom. The Labute approximate surface area is 86.9 Å². The molecule has 0 aromatic carbocycles. The van der Waals surface area contributed by atoms with Crippen LogP contribution in [0.3, 0.4) is 0 Å². The minimum absolute atomic E-state index is 0.174. The highest BCUT2D eigenvalue weighted by Crippen LogP contribution is 2.08. The summed E-state index contributed by atoms with van der Waals surface area (Å²) < 4.78 is 0. The Kier molecular flexibility index (Phi) is 5.11. The largest absolute Gasteiger partial charge is 0.401 e. The Morgan fingerprint density at radius 2 is 2.14 bits per heavy atom. The van der Waals surface area contributed by atoms with Crippen molar-refractivity contribution in [3.8, 4) is 12.0 Å². The van der Waals surface area contributed by atoms with Gasteiger partial charge in [-0.2, -0.15) is 0 Å². The first-order chi connectivity index (χ1) is 6.39. The summed E-state index contributed by atoms with van der Waals surface area (Å²) in [5.41, 5.74) is 11.6. The molecule has 3 heteroatoms. The van der Waals surface area contributed by atoms with Crippen molar-refractivity contribution >= 4 is 0 Å². The van der Waals surface area contributed by atoms with E-state index in [1.54, 1.807) is 0 Å². The Balaban J connectivity index is 4.29. The van der Waals surface area contributed by atoms with E-state index in [2.05, 4.69) is 30.8 Å². The van der Waals surface area contributed by atoms with Crippen molar-refractivity contribution in [2.45, 2.75) is 45.2 Å². The van der Waals surface area contributed by atoms with Crippen molar-refractivity contribution in [1.82, 2.24) is 5.32 Å². The summed E-state index contributed by atoms with van der Waals surface area (Å²) in [5, 5.41) is 2.98. The van der Waals surface area contributed by atoms with Crippen molar-refractivity contribution in [3.63, 3.8) is 0 Å². The summed E-state index contributed by atoms with van der Waals surface area (Å²) in [6.45, 7) is 9.56. The summed E-state index contributed by atoms with van der Waals surface area (Å²) in [5.74, 6) is 2.98. The Bertz CT molecular complexity index is 239. The highest BCUT2D eigenvalue weighted by atomic mass is 15.0. The highest BCUT2D eigenvalue weighted by Gasteiger charge is 2.25. The van der Waals surface area contributed by atoms with Crippen LogP contribution in [0.5, 0.6) is 0 Å². The van der Waals surface area contributed by atoms with Gasteiger partial charge in [0.05, 0.1) is 6.04 Å². The molecule has 0 saturated carbocycles. The van der Waals surface area contributed by atoms with E-state index in [-0.39, 0.29) is 6.04 Å². The van der Waals surface area contributed by atoms with Gasteiger partial charge < -0.3 is 16.8 Å². The lowest BCUT2D eigenvalue weighted by molar-refractivity contribution is 0.414. The van der Waals surface area contributed by atoms with E-state index >= 15 is 0 Å². The van der Waals surface area contributed by atoms with Crippen LogP contribution in [0.4, 0.5) is 0 Å². The van der Waals surface area contributed by atoms with Gasteiger partial charge in [0.15, 0.2) is 0 Å². The molecule has 0 aliphatic heterocycles. The molecule has 80 valence electrons. The van der Waals surface area contributed by atoms with Gasteiger partial charge in [-0.25, -0.2) is 0 Å². The van der Waals surface area contributed by atoms with Gasteiger partial charge in [-0.05, 0) is 20.3 Å². The smallest absolute Gasteiger partial charge is 0.0901 e. The number of rotatable bonds is 4. The quantitative estimate of drug-likeness (QED) is 0.461. The Hall–Kier alpha value is -1.14. The molecule has 0 aromatic heterocycles. The van der Waals surface area contributed by atoms with E-state index in [1.807, 2.05) is 13.8 Å². The second-order valence-corrected chi connectivity index (χ2v) is 4.03. The zero-order chi connectivity index (χ0) is 11.2. The number of hydrogen-bond donors (Lipinski definition) is 3. The van der Waals surface area contributed by atoms with Crippen molar-refractivity contribution in [2.75, 3.05) is 0 Å². The second kappa shape index (κ2) is 5.56. The first-order valence-corrected chi connectivity index (χ1v) is 4.86. The number of nitrogens with two attached hydrogens (primary N) is 2. The van der Waals surface area contributed by atoms with Gasteiger partial charge in [0.2, 0.25) is 0 Å². The van der Waals surface area contributed by atoms with Crippen molar-refractivity contribution in [1.29, 1.82) is 0 Å². The third-order valence-electron chi connectivity index (χ3n) is 1.79. The zero-order valence-corrected chi connectivity index (χ0v) is 9.35. The summed E-state index contributed by atoms with van der Waals surface area (Å²) in [4.78, 5) is 0. The SMILES string of the molecule is C=C(N)C(NC#CCCC)C(C)(C)N. The van der Waals surface area contributed by atoms with Crippen LogP contribution < -0.4 is 16.8 Å². The van der Waals surface area contributed by atoms with E-state index in [0.717, 1.165) is 12.8 Å². The highest BCUT2D eigenvalue weighted by molar-refractivity contribution is 5.14. The predicted octanol–water partition coefficient (Wildman–Crippen LogP) is 0.915. The fraction of sp³-hybridized carbons (Fsp3) is 0.636. The number of unbranched alkanes of at least 4 members (excludes halogenated alkanes) is 1. The van der Waals surface area contributed by atoms with Crippen LogP contribution in [0, 0.1) is 12.0 Å². The van der Waals surface area contributed by atoms with Gasteiger partial charge in [-0.15, -0.1) is 0 Å². The molecule has 0 bridgehead atoms. The van der Waals surface area contributed by atoms with E-state index < -0.39 is 5.54 Å². The molecule has 0 heterocycles. The third-order valence-corrected chi connectivity index (χ3v) is 1.79. The maximum Gasteiger partial charge on any atom is 0.0901 e. The zero-order valence-electron chi connectivity index (χ0n) is 9.35. The molecule has 1 unspecified atom stereocenters. The molecule has 0 amide bonds. The molecule has 0 aromatic rings. The maximum absolute atomic E-state index is 5.92. The first-order valence-electron chi connectivity index (χ1n) is 4.86. The second-order valence-electron chi connectivity index (χ2n) is 4.03. The molecule has 0 saturated heterocycles. The summed E-state index contributed by atoms with van der Waals surface area (Å²) in [6.07, 6.45) is 1.93. The molecule has 14 heavy (non-hydrogen) atoms. The molecular weight excluding hydrogens is 174 g/mol. The fourth-order valence-corrected chi connectivity index (χ4v) is 1.07. The van der Waals surface area contributed by atoms with Crippen molar-refractivity contribution in [3.05, 3.63) is 12.3 Å². The van der Waals surface area contributed by atoms with Crippen LogP contribution in [0.2, 0.25) is 0 Å². The van der Waals surface area contributed by atoms with Gasteiger partial charge in [0.1, 0.15) is 0 Å². The minimum atomic E-state index is -0.452. The van der Waals surface area contributed by atoms with Gasteiger partial charge in [-0.3, -0.25) is 0 Å². The summed E-state index contributed by atoms with van der Waals surface area (Å²) in [7, 11) is 0. The van der Waals surface area contributed by atoms with E-state index in [1.165, 1.54) is 0 Å². The summed E-state index contributed by atoms with van der Waals surface area (Å²) >= 11 is 0. The normalized spacial score (nSPS) is 12.6. The standard InChI is InChI=1S/C11H21N3/c1-5-6-7-8-14-10(9(2)12)11(3,4)13/h10,14H,2,5-6,12-13H2,1,3-4H3. The number of hydrogen-bond acceptors (Lipinski definition) is 3. The van der Waals surface area contributed by atoms with Crippen LogP contribution in [0.15, 0.2) is 12.3 Å². The topological polar surface area (TPSA) is 64.1 Å². The monoisotopic (exact) mass is 195 g/mol. The average molecular weight is 195 g/mol. The first kappa shape index (κ1) is 12.9. The van der Waals surface area contributed by atoms with Crippen LogP contribution >= 0.6 is 0 Å². The molecule has 5 N–H and O–H groups in total. The van der Waals surface area contributed by atoms with E-state index in [9.17, 15) is 0 Å². The van der Waals surface area contributed by atoms with E-state index in [0.29, 0.717) is 5.70 Å². The van der Waals surface area contributed by atoms with Crippen LogP contribution in [0.1, 0.15) is 33.6 Å². The minimum Gasteiger partial charge on any atom is -0.401 e. The molecule has 0 spiro atoms. The molecular formula is C11H21N3. The predicted molar refractivity (Wildman–Crippen MR) is 61.2 cm³/mol. The maximum atomic E-state index is 5.92. The van der Waals surface area contributed by atoms with Crippen molar-refractivity contribution in [2.24, 2.45) is 11.5 Å². The molecule has 0 rings (SSSR count). The van der Waals surface area contributed by atoms with Crippen molar-refractivity contribution < 1.29 is 0 Å². The molecule has 3 nitrogen and oxygen atoms in total. The third kappa shape index (κ3) is 4.78. The van der Waals surface area contributed by atoms with Gasteiger partial charge >= 0.3 is 0 Å². The Morgan fingerprint density at radius 1 is 1.57 bits per heavy atom. The van der Waals surface area contributed by atoms with Gasteiger partial charge in [0.25, 0.3) is 0 Å². The fourth-order valence-electron chi connectivity index (χ4n) is 1.07. The van der Waals surface area contributed by atoms with Gasteiger partial charge in [-0.1, -0.05) is 19.4 Å². The molecule has 0 radical (unpaired) electrons. The van der Waals surface area contributed by atoms with Crippen LogP contribution in [-0.4, -0.2) is 11.6 Å².